The Morgan fingerprint density at radius 2 is 2.00 bits per heavy atom. The van der Waals surface area contributed by atoms with E-state index in [4.69, 9.17) is 5.73 Å². The zero-order valence-corrected chi connectivity index (χ0v) is 11.8. The molecule has 0 atom stereocenters. The lowest BCUT2D eigenvalue weighted by molar-refractivity contribution is 0.629. The van der Waals surface area contributed by atoms with Crippen LogP contribution in [0.5, 0.6) is 0 Å². The number of nitrogens with two attached hydrogens (primary N) is 1. The molecule has 19 heavy (non-hydrogen) atoms. The van der Waals surface area contributed by atoms with Crippen LogP contribution in [0.1, 0.15) is 5.56 Å². The number of nitrogen functional groups attached to an aromatic ring is 1. The number of imidazole rings is 1. The summed E-state index contributed by atoms with van der Waals surface area (Å²) < 4.78 is 16.0. The van der Waals surface area contributed by atoms with Crippen molar-refractivity contribution >= 4 is 32.9 Å². The fourth-order valence-corrected chi connectivity index (χ4v) is 2.50. The molecule has 0 aliphatic carbocycles. The summed E-state index contributed by atoms with van der Waals surface area (Å²) in [6, 6.07) is 10.4. The third kappa shape index (κ3) is 2.00. The molecule has 0 radical (unpaired) electrons. The van der Waals surface area contributed by atoms with Crippen LogP contribution < -0.4 is 5.73 Å². The molecule has 2 N–H and O–H groups in total. The fraction of sp³-hybridized carbons (Fsp3) is 0.0714. The number of hydrogen-bond acceptors (Lipinski definition) is 2. The molecule has 3 aromatic rings. The molecule has 0 saturated heterocycles. The number of hydrogen-bond donors (Lipinski definition) is 1. The van der Waals surface area contributed by atoms with Crippen molar-refractivity contribution in [2.75, 3.05) is 5.73 Å². The number of benzene rings is 2. The van der Waals surface area contributed by atoms with Crippen molar-refractivity contribution in [1.29, 1.82) is 0 Å². The topological polar surface area (TPSA) is 43.8 Å². The Bertz CT molecular complexity index is 780. The molecule has 5 heteroatoms. The second-order valence-corrected chi connectivity index (χ2v) is 5.28. The van der Waals surface area contributed by atoms with E-state index in [0.717, 1.165) is 21.2 Å². The normalized spacial score (nSPS) is 11.1. The van der Waals surface area contributed by atoms with E-state index in [1.165, 1.54) is 12.1 Å². The van der Waals surface area contributed by atoms with Crippen LogP contribution >= 0.6 is 15.9 Å². The predicted octanol–water partition coefficient (Wildman–Crippen LogP) is 3.82. The fourth-order valence-electron chi connectivity index (χ4n) is 2.15. The van der Waals surface area contributed by atoms with E-state index in [-0.39, 0.29) is 5.82 Å². The van der Waals surface area contributed by atoms with Gasteiger partial charge < -0.3 is 5.73 Å². The molecular formula is C14H11BrFN3. The number of nitrogens with zero attached hydrogens (tertiary/aromatic N) is 2. The highest BCUT2D eigenvalue weighted by Crippen LogP contribution is 2.27. The van der Waals surface area contributed by atoms with Crippen LogP contribution in [0, 0.1) is 12.7 Å². The molecule has 1 heterocycles. The van der Waals surface area contributed by atoms with Gasteiger partial charge in [-0.25, -0.2) is 9.37 Å². The van der Waals surface area contributed by atoms with Crippen molar-refractivity contribution in [1.82, 2.24) is 9.55 Å². The smallest absolute Gasteiger partial charge is 0.205 e. The molecule has 96 valence electrons. The lowest BCUT2D eigenvalue weighted by atomic mass is 10.2. The first kappa shape index (κ1) is 12.2. The van der Waals surface area contributed by atoms with Crippen molar-refractivity contribution < 1.29 is 4.39 Å². The van der Waals surface area contributed by atoms with Crippen LogP contribution in [-0.2, 0) is 0 Å². The summed E-state index contributed by atoms with van der Waals surface area (Å²) in [5.41, 5.74) is 9.31. The number of anilines is 1. The summed E-state index contributed by atoms with van der Waals surface area (Å²) in [7, 11) is 0. The van der Waals surface area contributed by atoms with Crippen LogP contribution in [0.15, 0.2) is 40.9 Å². The number of aromatic nitrogens is 2. The maximum atomic E-state index is 13.2. The van der Waals surface area contributed by atoms with Gasteiger partial charge in [0.15, 0.2) is 0 Å². The molecule has 0 fully saturated rings. The summed E-state index contributed by atoms with van der Waals surface area (Å²) in [6.45, 7) is 2.00. The average Bonchev–Trinajstić information content (AvgIpc) is 2.67. The van der Waals surface area contributed by atoms with Crippen molar-refractivity contribution in [3.8, 4) is 5.69 Å². The minimum Gasteiger partial charge on any atom is -0.369 e. The SMILES string of the molecule is Cc1ccc(Br)cc1-n1c(N)nc2cc(F)ccc21. The maximum absolute atomic E-state index is 13.2. The molecule has 2 aromatic carbocycles. The third-order valence-electron chi connectivity index (χ3n) is 3.05. The Morgan fingerprint density at radius 1 is 1.21 bits per heavy atom. The van der Waals surface area contributed by atoms with Gasteiger partial charge in [0, 0.05) is 10.5 Å². The third-order valence-corrected chi connectivity index (χ3v) is 3.55. The van der Waals surface area contributed by atoms with E-state index in [9.17, 15) is 4.39 Å². The van der Waals surface area contributed by atoms with Gasteiger partial charge in [-0.2, -0.15) is 0 Å². The van der Waals surface area contributed by atoms with Gasteiger partial charge in [-0.3, -0.25) is 4.57 Å². The highest BCUT2D eigenvalue weighted by Gasteiger charge is 2.12. The summed E-state index contributed by atoms with van der Waals surface area (Å²) >= 11 is 3.45. The maximum Gasteiger partial charge on any atom is 0.205 e. The second kappa shape index (κ2) is 4.35. The Kier molecular flexibility index (Phi) is 2.78. The molecule has 0 saturated carbocycles. The molecule has 1 aromatic heterocycles. The van der Waals surface area contributed by atoms with E-state index in [1.54, 1.807) is 6.07 Å². The molecule has 0 aliphatic heterocycles. The first-order valence-corrected chi connectivity index (χ1v) is 6.55. The van der Waals surface area contributed by atoms with Gasteiger partial charge in [0.1, 0.15) is 5.82 Å². The predicted molar refractivity (Wildman–Crippen MR) is 77.9 cm³/mol. The van der Waals surface area contributed by atoms with Crippen LogP contribution in [0.2, 0.25) is 0 Å². The number of rotatable bonds is 1. The van der Waals surface area contributed by atoms with Crippen molar-refractivity contribution in [3.63, 3.8) is 0 Å². The first-order chi connectivity index (χ1) is 9.06. The molecule has 3 rings (SSSR count). The molecule has 0 spiro atoms. The van der Waals surface area contributed by atoms with E-state index in [0.29, 0.717) is 11.5 Å². The highest BCUT2D eigenvalue weighted by atomic mass is 79.9. The monoisotopic (exact) mass is 319 g/mol. The van der Waals surface area contributed by atoms with Crippen molar-refractivity contribution in [2.45, 2.75) is 6.92 Å². The summed E-state index contributed by atoms with van der Waals surface area (Å²) in [5, 5.41) is 0. The van der Waals surface area contributed by atoms with Crippen LogP contribution in [-0.4, -0.2) is 9.55 Å². The van der Waals surface area contributed by atoms with Gasteiger partial charge in [-0.15, -0.1) is 0 Å². The minimum atomic E-state index is -0.317. The molecule has 0 unspecified atom stereocenters. The zero-order valence-electron chi connectivity index (χ0n) is 10.2. The number of halogens is 2. The van der Waals surface area contributed by atoms with Gasteiger partial charge in [0.2, 0.25) is 5.95 Å². The Hall–Kier alpha value is -1.88. The molecule has 0 bridgehead atoms. The summed E-state index contributed by atoms with van der Waals surface area (Å²) in [4.78, 5) is 4.21. The van der Waals surface area contributed by atoms with Crippen molar-refractivity contribution in [3.05, 3.63) is 52.3 Å². The highest BCUT2D eigenvalue weighted by molar-refractivity contribution is 9.10. The van der Waals surface area contributed by atoms with E-state index in [2.05, 4.69) is 20.9 Å². The molecular weight excluding hydrogens is 309 g/mol. The summed E-state index contributed by atoms with van der Waals surface area (Å²) in [5.74, 6) is 0.0323. The lowest BCUT2D eigenvalue weighted by Crippen LogP contribution is -2.02. The van der Waals surface area contributed by atoms with Crippen LogP contribution in [0.25, 0.3) is 16.7 Å². The van der Waals surface area contributed by atoms with Gasteiger partial charge in [-0.1, -0.05) is 22.0 Å². The van der Waals surface area contributed by atoms with Crippen molar-refractivity contribution in [2.24, 2.45) is 0 Å². The molecule has 3 nitrogen and oxygen atoms in total. The lowest BCUT2D eigenvalue weighted by Gasteiger charge is -2.10. The van der Waals surface area contributed by atoms with E-state index in [1.807, 2.05) is 29.7 Å². The van der Waals surface area contributed by atoms with Gasteiger partial charge in [0.25, 0.3) is 0 Å². The molecule has 0 aliphatic rings. The largest absolute Gasteiger partial charge is 0.369 e. The van der Waals surface area contributed by atoms with Gasteiger partial charge in [0.05, 0.1) is 16.7 Å². The van der Waals surface area contributed by atoms with Crippen LogP contribution in [0.3, 0.4) is 0 Å². The van der Waals surface area contributed by atoms with Crippen LogP contribution in [0.4, 0.5) is 10.3 Å². The minimum absolute atomic E-state index is 0.317. The average molecular weight is 320 g/mol. The van der Waals surface area contributed by atoms with Gasteiger partial charge in [-0.05, 0) is 36.8 Å². The summed E-state index contributed by atoms with van der Waals surface area (Å²) in [6.07, 6.45) is 0. The van der Waals surface area contributed by atoms with E-state index >= 15 is 0 Å². The standard InChI is InChI=1S/C14H11BrFN3/c1-8-2-3-9(15)6-13(8)19-12-5-4-10(16)7-11(12)18-14(19)17/h2-7H,1H3,(H2,17,18). The molecule has 0 amide bonds. The Balaban J connectivity index is 2.36. The Labute approximate surface area is 118 Å². The zero-order chi connectivity index (χ0) is 13.6. The second-order valence-electron chi connectivity index (χ2n) is 4.37. The first-order valence-electron chi connectivity index (χ1n) is 5.76. The van der Waals surface area contributed by atoms with Gasteiger partial charge >= 0.3 is 0 Å². The number of aryl methyl sites for hydroxylation is 1. The Morgan fingerprint density at radius 3 is 2.79 bits per heavy atom. The quantitative estimate of drug-likeness (QED) is 0.741. The van der Waals surface area contributed by atoms with E-state index < -0.39 is 0 Å². The number of fused-ring (bicyclic) bond motifs is 1.